The molecule has 0 bridgehead atoms. The molecule has 2 amide bonds. The maximum atomic E-state index is 13.1. The molecule has 2 rings (SSSR count). The zero-order chi connectivity index (χ0) is 22.3. The van der Waals surface area contributed by atoms with Crippen molar-refractivity contribution in [2.75, 3.05) is 22.1 Å². The average molecular weight is 459 g/mol. The van der Waals surface area contributed by atoms with E-state index in [1.54, 1.807) is 0 Å². The first-order valence-corrected chi connectivity index (χ1v) is 10.7. The molecule has 4 nitrogen and oxygen atoms in total. The number of anilines is 2. The monoisotopic (exact) mass is 458 g/mol. The Hall–Kier alpha value is -2.19. The largest absolute Gasteiger partial charge is 0.418 e. The van der Waals surface area contributed by atoms with Gasteiger partial charge in [-0.25, -0.2) is 0 Å². The normalized spacial score (nSPS) is 11.3. The fourth-order valence-electron chi connectivity index (χ4n) is 2.78. The Morgan fingerprint density at radius 3 is 2.20 bits per heavy atom. The molecule has 0 saturated carbocycles. The number of alkyl halides is 3. The Labute approximate surface area is 182 Å². The van der Waals surface area contributed by atoms with Crippen LogP contribution in [-0.4, -0.2) is 23.3 Å². The van der Waals surface area contributed by atoms with Gasteiger partial charge in [0.25, 0.3) is 0 Å². The lowest BCUT2D eigenvalue weighted by atomic mass is 10.1. The SMILES string of the molecule is Cc1cccc(C)c1NC(=O)CCCSCC(=O)Nc1c(Cl)cccc1C(F)(F)F. The van der Waals surface area contributed by atoms with Crippen molar-refractivity contribution in [2.45, 2.75) is 32.9 Å². The lowest BCUT2D eigenvalue weighted by molar-refractivity contribution is -0.137. The summed E-state index contributed by atoms with van der Waals surface area (Å²) in [5.74, 6) is -0.231. The Morgan fingerprint density at radius 1 is 0.967 bits per heavy atom. The van der Waals surface area contributed by atoms with Gasteiger partial charge in [-0.2, -0.15) is 24.9 Å². The Bertz CT molecular complexity index is 899. The minimum absolute atomic E-state index is 0.0406. The van der Waals surface area contributed by atoms with Gasteiger partial charge in [0.1, 0.15) is 0 Å². The molecule has 30 heavy (non-hydrogen) atoms. The second kappa shape index (κ2) is 10.7. The summed E-state index contributed by atoms with van der Waals surface area (Å²) in [6.45, 7) is 3.83. The molecule has 2 aromatic carbocycles. The van der Waals surface area contributed by atoms with Crippen molar-refractivity contribution in [3.05, 3.63) is 58.1 Å². The van der Waals surface area contributed by atoms with E-state index < -0.39 is 23.3 Å². The lowest BCUT2D eigenvalue weighted by Crippen LogP contribution is -2.19. The number of para-hydroxylation sites is 2. The highest BCUT2D eigenvalue weighted by Crippen LogP contribution is 2.38. The van der Waals surface area contributed by atoms with Gasteiger partial charge < -0.3 is 10.6 Å². The zero-order valence-electron chi connectivity index (χ0n) is 16.5. The van der Waals surface area contributed by atoms with Crippen molar-refractivity contribution in [2.24, 2.45) is 0 Å². The number of carbonyl (C=O) groups excluding carboxylic acids is 2. The first-order chi connectivity index (χ1) is 14.1. The van der Waals surface area contributed by atoms with E-state index in [4.69, 9.17) is 11.6 Å². The smallest absolute Gasteiger partial charge is 0.326 e. The van der Waals surface area contributed by atoms with Crippen LogP contribution in [0.2, 0.25) is 5.02 Å². The minimum atomic E-state index is -4.62. The van der Waals surface area contributed by atoms with Crippen LogP contribution in [0.25, 0.3) is 0 Å². The summed E-state index contributed by atoms with van der Waals surface area (Å²) in [6.07, 6.45) is -3.80. The number of halogens is 4. The second-order valence-electron chi connectivity index (χ2n) is 6.68. The molecule has 0 unspecified atom stereocenters. The summed E-state index contributed by atoms with van der Waals surface area (Å²) in [4.78, 5) is 24.1. The molecular weight excluding hydrogens is 437 g/mol. The molecule has 0 heterocycles. The number of thioether (sulfide) groups is 1. The molecule has 0 aliphatic heterocycles. The van der Waals surface area contributed by atoms with E-state index in [1.165, 1.54) is 23.9 Å². The first kappa shape index (κ1) is 24.1. The van der Waals surface area contributed by atoms with Crippen LogP contribution in [0.5, 0.6) is 0 Å². The van der Waals surface area contributed by atoms with Gasteiger partial charge in [-0.05, 0) is 49.3 Å². The highest BCUT2D eigenvalue weighted by molar-refractivity contribution is 7.99. The van der Waals surface area contributed by atoms with Crippen molar-refractivity contribution in [3.63, 3.8) is 0 Å². The summed E-state index contributed by atoms with van der Waals surface area (Å²) in [6, 6.07) is 9.08. The quantitative estimate of drug-likeness (QED) is 0.472. The molecule has 162 valence electrons. The van der Waals surface area contributed by atoms with Gasteiger partial charge in [-0.15, -0.1) is 0 Å². The maximum Gasteiger partial charge on any atom is 0.418 e. The van der Waals surface area contributed by atoms with Crippen LogP contribution < -0.4 is 10.6 Å². The fourth-order valence-corrected chi connectivity index (χ4v) is 3.75. The van der Waals surface area contributed by atoms with Gasteiger partial charge in [0.05, 0.1) is 22.0 Å². The summed E-state index contributed by atoms with van der Waals surface area (Å²) in [5, 5.41) is 4.95. The third-order valence-electron chi connectivity index (χ3n) is 4.25. The van der Waals surface area contributed by atoms with Crippen LogP contribution >= 0.6 is 23.4 Å². The summed E-state index contributed by atoms with van der Waals surface area (Å²) in [7, 11) is 0. The number of rotatable bonds is 8. The highest BCUT2D eigenvalue weighted by Gasteiger charge is 2.34. The third-order valence-corrected chi connectivity index (χ3v) is 5.61. The van der Waals surface area contributed by atoms with E-state index in [9.17, 15) is 22.8 Å². The molecular formula is C21H22ClF3N2O2S. The van der Waals surface area contributed by atoms with E-state index in [1.807, 2.05) is 32.0 Å². The Kier molecular flexibility index (Phi) is 8.61. The molecule has 0 saturated heterocycles. The molecule has 2 N–H and O–H groups in total. The highest BCUT2D eigenvalue weighted by atomic mass is 35.5. The average Bonchev–Trinajstić information content (AvgIpc) is 2.65. The molecule has 2 aromatic rings. The molecule has 0 radical (unpaired) electrons. The van der Waals surface area contributed by atoms with Gasteiger partial charge in [0.15, 0.2) is 0 Å². The van der Waals surface area contributed by atoms with Crippen LogP contribution in [0, 0.1) is 13.8 Å². The number of aryl methyl sites for hydroxylation is 2. The van der Waals surface area contributed by atoms with Crippen molar-refractivity contribution >= 4 is 46.6 Å². The van der Waals surface area contributed by atoms with Crippen LogP contribution in [0.4, 0.5) is 24.5 Å². The minimum Gasteiger partial charge on any atom is -0.326 e. The van der Waals surface area contributed by atoms with E-state index in [0.29, 0.717) is 12.2 Å². The van der Waals surface area contributed by atoms with E-state index in [-0.39, 0.29) is 23.1 Å². The molecule has 0 spiro atoms. The van der Waals surface area contributed by atoms with Crippen LogP contribution in [-0.2, 0) is 15.8 Å². The van der Waals surface area contributed by atoms with E-state index in [0.717, 1.165) is 22.9 Å². The summed E-state index contributed by atoms with van der Waals surface area (Å²) >= 11 is 7.06. The molecule has 0 atom stereocenters. The first-order valence-electron chi connectivity index (χ1n) is 9.19. The summed E-state index contributed by atoms with van der Waals surface area (Å²) in [5.41, 5.74) is 1.33. The predicted molar refractivity (Wildman–Crippen MR) is 116 cm³/mol. The number of amides is 2. The predicted octanol–water partition coefficient (Wildman–Crippen LogP) is 6.07. The molecule has 0 aromatic heterocycles. The second-order valence-corrected chi connectivity index (χ2v) is 8.19. The number of hydrogen-bond donors (Lipinski definition) is 2. The fraction of sp³-hybridized carbons (Fsp3) is 0.333. The van der Waals surface area contributed by atoms with Crippen LogP contribution in [0.1, 0.15) is 29.5 Å². The van der Waals surface area contributed by atoms with Gasteiger partial charge in [0.2, 0.25) is 11.8 Å². The van der Waals surface area contributed by atoms with Gasteiger partial charge in [-0.3, -0.25) is 9.59 Å². The maximum absolute atomic E-state index is 13.1. The van der Waals surface area contributed by atoms with Crippen molar-refractivity contribution in [1.29, 1.82) is 0 Å². The Morgan fingerprint density at radius 2 is 1.57 bits per heavy atom. The number of carbonyl (C=O) groups is 2. The van der Waals surface area contributed by atoms with Gasteiger partial charge >= 0.3 is 6.18 Å². The molecule has 0 aliphatic rings. The number of nitrogens with one attached hydrogen (secondary N) is 2. The standard InChI is InChI=1S/C21H22ClF3N2O2S/c1-13-6-3-7-14(2)19(13)26-17(28)10-5-11-30-12-18(29)27-20-15(21(23,24)25)8-4-9-16(20)22/h3-4,6-9H,5,10-12H2,1-2H3,(H,26,28)(H,27,29). The summed E-state index contributed by atoms with van der Waals surface area (Å²) < 4.78 is 39.2. The molecule has 9 heteroatoms. The lowest BCUT2D eigenvalue weighted by Gasteiger charge is -2.15. The van der Waals surface area contributed by atoms with E-state index in [2.05, 4.69) is 10.6 Å². The molecule has 0 aliphatic carbocycles. The van der Waals surface area contributed by atoms with Gasteiger partial charge in [-0.1, -0.05) is 35.9 Å². The topological polar surface area (TPSA) is 58.2 Å². The third kappa shape index (κ3) is 6.95. The zero-order valence-corrected chi connectivity index (χ0v) is 18.1. The van der Waals surface area contributed by atoms with Crippen LogP contribution in [0.15, 0.2) is 36.4 Å². The van der Waals surface area contributed by atoms with Crippen molar-refractivity contribution in [1.82, 2.24) is 0 Å². The Balaban J connectivity index is 1.77. The molecule has 0 fully saturated rings. The van der Waals surface area contributed by atoms with Crippen molar-refractivity contribution < 1.29 is 22.8 Å². The number of hydrogen-bond acceptors (Lipinski definition) is 3. The number of benzene rings is 2. The van der Waals surface area contributed by atoms with Crippen molar-refractivity contribution in [3.8, 4) is 0 Å². The van der Waals surface area contributed by atoms with Gasteiger partial charge in [0, 0.05) is 12.1 Å². The van der Waals surface area contributed by atoms with E-state index >= 15 is 0 Å². The van der Waals surface area contributed by atoms with Crippen LogP contribution in [0.3, 0.4) is 0 Å².